The molecule has 2 N–H and O–H groups in total. The molecule has 1 aliphatic carbocycles. The number of pyridine rings is 1. The minimum Gasteiger partial charge on any atom is -0.490 e. The van der Waals surface area contributed by atoms with Gasteiger partial charge in [0, 0.05) is 74.1 Å². The van der Waals surface area contributed by atoms with E-state index in [0.29, 0.717) is 17.3 Å². The summed E-state index contributed by atoms with van der Waals surface area (Å²) in [7, 11) is 2.08. The highest BCUT2D eigenvalue weighted by atomic mass is 16.5. The molecule has 37 heavy (non-hydrogen) atoms. The molecule has 0 saturated carbocycles. The molecule has 1 amide bonds. The minimum absolute atomic E-state index is 0.0396. The van der Waals surface area contributed by atoms with Crippen LogP contribution in [-0.2, 0) is 0 Å². The van der Waals surface area contributed by atoms with Crippen molar-refractivity contribution in [2.24, 2.45) is 0 Å². The molecule has 1 fully saturated rings. The number of piperazine rings is 1. The van der Waals surface area contributed by atoms with Crippen LogP contribution in [-0.4, -0.2) is 75.0 Å². The van der Waals surface area contributed by atoms with Gasteiger partial charge in [0.25, 0.3) is 5.91 Å². The molecule has 188 valence electrons. The van der Waals surface area contributed by atoms with Crippen molar-refractivity contribution in [3.05, 3.63) is 72.7 Å². The number of carbonyl (C=O) groups is 1. The predicted octanol–water partition coefficient (Wildman–Crippen LogP) is 4.25. The third kappa shape index (κ3) is 5.17. The molecule has 0 radical (unpaired) electrons. The van der Waals surface area contributed by atoms with Gasteiger partial charge in [0.1, 0.15) is 17.5 Å². The fourth-order valence-corrected chi connectivity index (χ4v) is 4.70. The van der Waals surface area contributed by atoms with E-state index in [1.165, 1.54) is 0 Å². The van der Waals surface area contributed by atoms with E-state index >= 15 is 0 Å². The maximum Gasteiger partial charge on any atom is 0.270 e. The molecule has 0 spiro atoms. The molecule has 1 aromatic carbocycles. The number of likely N-dealkylation sites (N-methyl/N-ethyl adjacent to an activating group) is 1. The van der Waals surface area contributed by atoms with Crippen LogP contribution in [0, 0.1) is 0 Å². The van der Waals surface area contributed by atoms with Crippen LogP contribution in [0.15, 0.2) is 67.0 Å². The van der Waals surface area contributed by atoms with Gasteiger partial charge in [-0.05, 0) is 43.4 Å². The van der Waals surface area contributed by atoms with Gasteiger partial charge in [-0.3, -0.25) is 9.78 Å². The second-order valence-corrected chi connectivity index (χ2v) is 9.53. The third-order valence-corrected chi connectivity index (χ3v) is 6.81. The van der Waals surface area contributed by atoms with E-state index in [-0.39, 0.29) is 12.0 Å². The van der Waals surface area contributed by atoms with Gasteiger partial charge >= 0.3 is 0 Å². The number of benzene rings is 1. The van der Waals surface area contributed by atoms with Crippen molar-refractivity contribution in [3.8, 4) is 17.1 Å². The van der Waals surface area contributed by atoms with Crippen LogP contribution in [0.1, 0.15) is 23.3 Å². The summed E-state index contributed by atoms with van der Waals surface area (Å²) in [5, 5.41) is 4.23. The zero-order valence-electron chi connectivity index (χ0n) is 20.7. The smallest absolute Gasteiger partial charge is 0.270 e. The number of ether oxygens (including phenoxy) is 1. The lowest BCUT2D eigenvalue weighted by Gasteiger charge is -2.32. The summed E-state index contributed by atoms with van der Waals surface area (Å²) >= 11 is 0. The maximum absolute atomic E-state index is 13.0. The summed E-state index contributed by atoms with van der Waals surface area (Å²) in [6.45, 7) is 3.27. The number of nitrogens with zero attached hydrogens (tertiary/aromatic N) is 5. The van der Waals surface area contributed by atoms with Crippen molar-refractivity contribution < 1.29 is 9.53 Å². The molecule has 9 nitrogen and oxygen atoms in total. The number of nitrogens with one attached hydrogen (secondary N) is 2. The number of hydrogen-bond acceptors (Lipinski definition) is 7. The number of anilines is 2. The molecule has 4 aromatic rings. The number of hydrogen-bond donors (Lipinski definition) is 2. The molecule has 9 heteroatoms. The lowest BCUT2D eigenvalue weighted by atomic mass is 10.2. The van der Waals surface area contributed by atoms with Crippen LogP contribution in [0.4, 0.5) is 11.6 Å². The number of aromatic nitrogens is 4. The lowest BCUT2D eigenvalue weighted by molar-refractivity contribution is 0.0659. The average molecular weight is 496 g/mol. The van der Waals surface area contributed by atoms with Crippen molar-refractivity contribution in [3.63, 3.8) is 0 Å². The van der Waals surface area contributed by atoms with Gasteiger partial charge < -0.3 is 24.8 Å². The van der Waals surface area contributed by atoms with E-state index in [1.54, 1.807) is 12.4 Å². The Hall–Kier alpha value is -4.24. The molecule has 1 saturated heterocycles. The Bertz CT molecular complexity index is 1450. The summed E-state index contributed by atoms with van der Waals surface area (Å²) in [6.07, 6.45) is 9.77. The van der Waals surface area contributed by atoms with E-state index < -0.39 is 0 Å². The van der Waals surface area contributed by atoms with E-state index in [4.69, 9.17) is 4.74 Å². The highest BCUT2D eigenvalue weighted by Crippen LogP contribution is 2.26. The van der Waals surface area contributed by atoms with Gasteiger partial charge in [0.2, 0.25) is 5.95 Å². The first-order valence-electron chi connectivity index (χ1n) is 12.6. The van der Waals surface area contributed by atoms with Crippen LogP contribution in [0.3, 0.4) is 0 Å². The zero-order valence-corrected chi connectivity index (χ0v) is 20.7. The summed E-state index contributed by atoms with van der Waals surface area (Å²) < 4.78 is 6.07. The maximum atomic E-state index is 13.0. The van der Waals surface area contributed by atoms with Crippen molar-refractivity contribution in [1.29, 1.82) is 0 Å². The molecule has 0 unspecified atom stereocenters. The summed E-state index contributed by atoms with van der Waals surface area (Å²) in [5.74, 6) is 1.29. The first-order valence-corrected chi connectivity index (χ1v) is 12.6. The molecule has 0 bridgehead atoms. The van der Waals surface area contributed by atoms with Gasteiger partial charge in [-0.25, -0.2) is 9.97 Å². The Kier molecular flexibility index (Phi) is 6.28. The summed E-state index contributed by atoms with van der Waals surface area (Å²) in [5.41, 5.74) is 3.78. The number of carbonyl (C=O) groups excluding carboxylic acids is 1. The molecular weight excluding hydrogens is 466 g/mol. The SMILES string of the molecule is CN1CCN(C(=O)c2cc3cc(Nc4nccc(-c5cc(OC6CC=CC6)ccn5)n4)ccc3[nH]2)CC1. The number of H-pyrrole nitrogens is 1. The van der Waals surface area contributed by atoms with Gasteiger partial charge in [-0.1, -0.05) is 12.2 Å². The first-order chi connectivity index (χ1) is 18.1. The Morgan fingerprint density at radius 3 is 2.62 bits per heavy atom. The van der Waals surface area contributed by atoms with Crippen molar-refractivity contribution in [2.45, 2.75) is 18.9 Å². The zero-order chi connectivity index (χ0) is 25.2. The van der Waals surface area contributed by atoms with Crippen LogP contribution in [0.2, 0.25) is 0 Å². The summed E-state index contributed by atoms with van der Waals surface area (Å²) in [4.78, 5) is 33.9. The Labute approximate surface area is 215 Å². The normalized spacial score (nSPS) is 16.4. The Morgan fingerprint density at radius 1 is 0.973 bits per heavy atom. The average Bonchev–Trinajstić information content (AvgIpc) is 3.59. The lowest BCUT2D eigenvalue weighted by Crippen LogP contribution is -2.47. The number of fused-ring (bicyclic) bond motifs is 1. The highest BCUT2D eigenvalue weighted by molar-refractivity contribution is 5.98. The van der Waals surface area contributed by atoms with Gasteiger partial charge in [0.05, 0.1) is 11.4 Å². The second-order valence-electron chi connectivity index (χ2n) is 9.53. The first kappa shape index (κ1) is 23.2. The quantitative estimate of drug-likeness (QED) is 0.386. The molecular formula is C28H29N7O2. The standard InChI is InChI=1S/C28H29N7O2/c1-34-12-14-35(15-13-34)27(36)26-17-19-16-20(6-7-23(19)32-26)31-28-30-11-9-24(33-28)25-18-22(8-10-29-25)37-21-4-2-3-5-21/h2-3,6-11,16-18,21,32H,4-5,12-15H2,1H3,(H,30,31,33). The highest BCUT2D eigenvalue weighted by Gasteiger charge is 2.22. The molecule has 2 aliphatic rings. The van der Waals surface area contributed by atoms with Crippen LogP contribution >= 0.6 is 0 Å². The van der Waals surface area contributed by atoms with E-state index in [1.807, 2.05) is 47.4 Å². The van der Waals surface area contributed by atoms with Crippen LogP contribution in [0.25, 0.3) is 22.3 Å². The Morgan fingerprint density at radius 2 is 1.78 bits per heavy atom. The fraction of sp³-hybridized carbons (Fsp3) is 0.286. The predicted molar refractivity (Wildman–Crippen MR) is 143 cm³/mol. The number of amides is 1. The largest absolute Gasteiger partial charge is 0.490 e. The number of rotatable bonds is 6. The second kappa shape index (κ2) is 10.0. The van der Waals surface area contributed by atoms with Crippen molar-refractivity contribution in [1.82, 2.24) is 29.7 Å². The van der Waals surface area contributed by atoms with Gasteiger partial charge in [0.15, 0.2) is 0 Å². The van der Waals surface area contributed by atoms with E-state index in [2.05, 4.69) is 49.4 Å². The monoisotopic (exact) mass is 495 g/mol. The fourth-order valence-electron chi connectivity index (χ4n) is 4.70. The van der Waals surface area contributed by atoms with Gasteiger partial charge in [-0.15, -0.1) is 0 Å². The minimum atomic E-state index is 0.0396. The Balaban J connectivity index is 1.17. The molecule has 3 aromatic heterocycles. The molecule has 4 heterocycles. The van der Waals surface area contributed by atoms with Crippen molar-refractivity contribution in [2.75, 3.05) is 38.5 Å². The van der Waals surface area contributed by atoms with Crippen molar-refractivity contribution >= 4 is 28.4 Å². The van der Waals surface area contributed by atoms with E-state index in [0.717, 1.165) is 67.1 Å². The number of aromatic amines is 1. The van der Waals surface area contributed by atoms with Crippen LogP contribution in [0.5, 0.6) is 5.75 Å². The van der Waals surface area contributed by atoms with Gasteiger partial charge in [-0.2, -0.15) is 0 Å². The van der Waals surface area contributed by atoms with Crippen LogP contribution < -0.4 is 10.1 Å². The molecule has 1 aliphatic heterocycles. The summed E-state index contributed by atoms with van der Waals surface area (Å²) in [6, 6.07) is 13.4. The molecule has 6 rings (SSSR count). The van der Waals surface area contributed by atoms with E-state index in [9.17, 15) is 4.79 Å². The third-order valence-electron chi connectivity index (χ3n) is 6.81. The molecule has 0 atom stereocenters. The topological polar surface area (TPSA) is 99.3 Å².